The molecule has 1 atom stereocenters. The predicted molar refractivity (Wildman–Crippen MR) is 82.9 cm³/mol. The van der Waals surface area contributed by atoms with Gasteiger partial charge in [-0.15, -0.1) is 0 Å². The largest absolute Gasteiger partial charge is 0.399 e. The third kappa shape index (κ3) is 3.75. The van der Waals surface area contributed by atoms with Crippen LogP contribution in [0.3, 0.4) is 0 Å². The van der Waals surface area contributed by atoms with Crippen LogP contribution in [-0.2, 0) is 9.84 Å². The maximum Gasteiger partial charge on any atom is 0.253 e. The first-order valence-electron chi connectivity index (χ1n) is 7.21. The van der Waals surface area contributed by atoms with Crippen molar-refractivity contribution in [3.05, 3.63) is 23.8 Å². The highest BCUT2D eigenvalue weighted by Gasteiger charge is 2.27. The molecule has 0 spiro atoms. The van der Waals surface area contributed by atoms with Crippen LogP contribution in [0.15, 0.2) is 23.1 Å². The fourth-order valence-corrected chi connectivity index (χ4v) is 3.49. The predicted octanol–water partition coefficient (Wildman–Crippen LogP) is 1.93. The molecule has 0 aliphatic carbocycles. The molecule has 1 heterocycles. The van der Waals surface area contributed by atoms with E-state index in [0.717, 1.165) is 38.6 Å². The van der Waals surface area contributed by atoms with Crippen molar-refractivity contribution in [3.8, 4) is 0 Å². The lowest BCUT2D eigenvalue weighted by atomic mass is 10.0. The molecule has 1 aliphatic heterocycles. The Labute approximate surface area is 126 Å². The lowest BCUT2D eigenvalue weighted by molar-refractivity contribution is 0.0786. The molecule has 1 aliphatic rings. The van der Waals surface area contributed by atoms with E-state index >= 15 is 0 Å². The lowest BCUT2D eigenvalue weighted by Crippen LogP contribution is -2.29. The quantitative estimate of drug-likeness (QED) is 0.862. The van der Waals surface area contributed by atoms with Gasteiger partial charge in [-0.1, -0.05) is 13.3 Å². The normalized spacial score (nSPS) is 19.0. The van der Waals surface area contributed by atoms with Crippen LogP contribution >= 0.6 is 0 Å². The van der Waals surface area contributed by atoms with Gasteiger partial charge in [-0.3, -0.25) is 4.79 Å². The van der Waals surface area contributed by atoms with Crippen LogP contribution < -0.4 is 5.73 Å². The highest BCUT2D eigenvalue weighted by atomic mass is 32.2. The Morgan fingerprint density at radius 2 is 2.10 bits per heavy atom. The van der Waals surface area contributed by atoms with Crippen LogP contribution in [0.25, 0.3) is 0 Å². The molecule has 1 fully saturated rings. The van der Waals surface area contributed by atoms with E-state index in [0.29, 0.717) is 17.2 Å². The van der Waals surface area contributed by atoms with Gasteiger partial charge >= 0.3 is 0 Å². The molecule has 2 rings (SSSR count). The second kappa shape index (κ2) is 6.05. The van der Waals surface area contributed by atoms with E-state index < -0.39 is 9.84 Å². The van der Waals surface area contributed by atoms with Crippen molar-refractivity contribution in [2.24, 2.45) is 5.92 Å². The average Bonchev–Trinajstić information content (AvgIpc) is 2.85. The van der Waals surface area contributed by atoms with Crippen LogP contribution in [0.5, 0.6) is 0 Å². The number of benzene rings is 1. The number of hydrogen-bond acceptors (Lipinski definition) is 4. The summed E-state index contributed by atoms with van der Waals surface area (Å²) in [5.41, 5.74) is 6.38. The number of sulfone groups is 1. The standard InChI is InChI=1S/C15H22N2O3S/c1-3-4-11-5-6-17(10-11)15(18)12-7-13(16)9-14(8-12)21(2,19)20/h7-9,11H,3-6,10,16H2,1-2H3. The summed E-state index contributed by atoms with van der Waals surface area (Å²) in [6.45, 7) is 3.61. The van der Waals surface area contributed by atoms with Gasteiger partial charge in [0.2, 0.25) is 0 Å². The Bertz CT molecular complexity index is 640. The van der Waals surface area contributed by atoms with E-state index in [2.05, 4.69) is 6.92 Å². The Hall–Kier alpha value is -1.56. The summed E-state index contributed by atoms with van der Waals surface area (Å²) in [5, 5.41) is 0. The van der Waals surface area contributed by atoms with Gasteiger partial charge in [-0.05, 0) is 37.0 Å². The zero-order valence-electron chi connectivity index (χ0n) is 12.5. The summed E-state index contributed by atoms with van der Waals surface area (Å²) < 4.78 is 23.3. The first kappa shape index (κ1) is 15.8. The van der Waals surface area contributed by atoms with Crippen LogP contribution in [0, 0.1) is 5.92 Å². The van der Waals surface area contributed by atoms with Crippen molar-refractivity contribution in [2.45, 2.75) is 31.1 Å². The minimum atomic E-state index is -3.37. The van der Waals surface area contributed by atoms with Gasteiger partial charge in [-0.25, -0.2) is 8.42 Å². The number of likely N-dealkylation sites (tertiary alicyclic amines) is 1. The molecule has 1 aromatic rings. The molecule has 2 N–H and O–H groups in total. The molecule has 6 heteroatoms. The van der Waals surface area contributed by atoms with E-state index in [1.165, 1.54) is 12.1 Å². The molecule has 5 nitrogen and oxygen atoms in total. The van der Waals surface area contributed by atoms with Crippen LogP contribution in [0.1, 0.15) is 36.5 Å². The number of nitrogens with two attached hydrogens (primary N) is 1. The molecule has 0 aromatic heterocycles. The van der Waals surface area contributed by atoms with E-state index in [-0.39, 0.29) is 10.8 Å². The van der Waals surface area contributed by atoms with E-state index in [9.17, 15) is 13.2 Å². The first-order valence-corrected chi connectivity index (χ1v) is 9.10. The zero-order chi connectivity index (χ0) is 15.6. The fraction of sp³-hybridized carbons (Fsp3) is 0.533. The number of nitrogen functional groups attached to an aromatic ring is 1. The van der Waals surface area contributed by atoms with Gasteiger partial charge in [0, 0.05) is 30.6 Å². The number of amides is 1. The summed E-state index contributed by atoms with van der Waals surface area (Å²) in [4.78, 5) is 14.4. The van der Waals surface area contributed by atoms with Gasteiger partial charge in [0.1, 0.15) is 0 Å². The Morgan fingerprint density at radius 1 is 1.38 bits per heavy atom. The Kier molecular flexibility index (Phi) is 4.56. The minimum Gasteiger partial charge on any atom is -0.399 e. The molecule has 21 heavy (non-hydrogen) atoms. The summed E-state index contributed by atoms with van der Waals surface area (Å²) >= 11 is 0. The van der Waals surface area contributed by atoms with Crippen LogP contribution in [-0.4, -0.2) is 38.6 Å². The second-order valence-corrected chi connectivity index (χ2v) is 7.77. The van der Waals surface area contributed by atoms with E-state index in [4.69, 9.17) is 5.73 Å². The maximum absolute atomic E-state index is 12.5. The molecular formula is C15H22N2O3S. The van der Waals surface area contributed by atoms with Crippen LogP contribution in [0.2, 0.25) is 0 Å². The molecule has 1 amide bonds. The number of carbonyl (C=O) groups is 1. The number of carbonyl (C=O) groups excluding carboxylic acids is 1. The third-order valence-electron chi connectivity index (χ3n) is 3.87. The first-order chi connectivity index (χ1) is 9.81. The van der Waals surface area contributed by atoms with Crippen molar-refractivity contribution in [2.75, 3.05) is 25.1 Å². The summed E-state index contributed by atoms with van der Waals surface area (Å²) in [7, 11) is -3.37. The number of nitrogens with zero attached hydrogens (tertiary/aromatic N) is 1. The lowest BCUT2D eigenvalue weighted by Gasteiger charge is -2.17. The summed E-state index contributed by atoms with van der Waals surface area (Å²) in [5.74, 6) is 0.417. The maximum atomic E-state index is 12.5. The number of rotatable bonds is 4. The van der Waals surface area contributed by atoms with Crippen molar-refractivity contribution >= 4 is 21.4 Å². The van der Waals surface area contributed by atoms with Crippen molar-refractivity contribution in [1.82, 2.24) is 4.90 Å². The second-order valence-electron chi connectivity index (χ2n) is 5.76. The van der Waals surface area contributed by atoms with Crippen molar-refractivity contribution in [1.29, 1.82) is 0 Å². The number of anilines is 1. The third-order valence-corrected chi connectivity index (χ3v) is 4.97. The van der Waals surface area contributed by atoms with Crippen LogP contribution in [0.4, 0.5) is 5.69 Å². The molecule has 1 saturated heterocycles. The molecule has 1 aromatic carbocycles. The van der Waals surface area contributed by atoms with Gasteiger partial charge in [0.15, 0.2) is 9.84 Å². The Morgan fingerprint density at radius 3 is 2.71 bits per heavy atom. The van der Waals surface area contributed by atoms with Gasteiger partial charge in [0.25, 0.3) is 5.91 Å². The summed E-state index contributed by atoms with van der Waals surface area (Å²) in [6.07, 6.45) is 4.36. The molecular weight excluding hydrogens is 288 g/mol. The smallest absolute Gasteiger partial charge is 0.253 e. The molecule has 1 unspecified atom stereocenters. The highest BCUT2D eigenvalue weighted by Crippen LogP contribution is 2.24. The highest BCUT2D eigenvalue weighted by molar-refractivity contribution is 7.90. The van der Waals surface area contributed by atoms with Gasteiger partial charge in [-0.2, -0.15) is 0 Å². The van der Waals surface area contributed by atoms with Gasteiger partial charge < -0.3 is 10.6 Å². The van der Waals surface area contributed by atoms with E-state index in [1.807, 2.05) is 0 Å². The molecule has 0 bridgehead atoms. The van der Waals surface area contributed by atoms with E-state index in [1.54, 1.807) is 11.0 Å². The topological polar surface area (TPSA) is 80.5 Å². The Balaban J connectivity index is 2.22. The fourth-order valence-electron chi connectivity index (χ4n) is 2.80. The average molecular weight is 310 g/mol. The monoisotopic (exact) mass is 310 g/mol. The van der Waals surface area contributed by atoms with Crippen molar-refractivity contribution < 1.29 is 13.2 Å². The summed E-state index contributed by atoms with van der Waals surface area (Å²) in [6, 6.07) is 4.35. The van der Waals surface area contributed by atoms with Gasteiger partial charge in [0.05, 0.1) is 4.90 Å². The zero-order valence-corrected chi connectivity index (χ0v) is 13.3. The molecule has 0 radical (unpaired) electrons. The molecule has 116 valence electrons. The number of hydrogen-bond donors (Lipinski definition) is 1. The van der Waals surface area contributed by atoms with Crippen molar-refractivity contribution in [3.63, 3.8) is 0 Å². The SMILES string of the molecule is CCCC1CCN(C(=O)c2cc(N)cc(S(C)(=O)=O)c2)C1. The molecule has 0 saturated carbocycles. The minimum absolute atomic E-state index is 0.0927.